The van der Waals surface area contributed by atoms with Crippen molar-refractivity contribution in [3.05, 3.63) is 0 Å². The van der Waals surface area contributed by atoms with Gasteiger partial charge in [-0.1, -0.05) is 0 Å². The summed E-state index contributed by atoms with van der Waals surface area (Å²) in [4.78, 5) is 14.8. The summed E-state index contributed by atoms with van der Waals surface area (Å²) in [7, 11) is 5.20. The van der Waals surface area contributed by atoms with Crippen molar-refractivity contribution in [3.63, 3.8) is 0 Å². The number of aldehydes is 1. The first-order valence-corrected chi connectivity index (χ1v) is 2.45. The van der Waals surface area contributed by atoms with Gasteiger partial charge in [0.25, 0.3) is 0 Å². The zero-order valence-corrected chi connectivity index (χ0v) is 5.55. The van der Waals surface area contributed by atoms with Crippen LogP contribution in [-0.4, -0.2) is 38.7 Å². The van der Waals surface area contributed by atoms with Gasteiger partial charge in [-0.25, -0.2) is 4.84 Å². The maximum absolute atomic E-state index is 9.88. The van der Waals surface area contributed by atoms with Gasteiger partial charge in [-0.15, -0.1) is 0 Å². The van der Waals surface area contributed by atoms with Crippen LogP contribution in [0.3, 0.4) is 0 Å². The van der Waals surface area contributed by atoms with E-state index in [0.29, 0.717) is 11.2 Å². The van der Waals surface area contributed by atoms with Gasteiger partial charge in [-0.3, -0.25) is 4.79 Å². The van der Waals surface area contributed by atoms with Crippen LogP contribution in [0.2, 0.25) is 0 Å². The molecule has 0 amide bonds. The van der Waals surface area contributed by atoms with Crippen molar-refractivity contribution >= 4 is 6.29 Å². The maximum atomic E-state index is 9.88. The number of nitrogens with zero attached hydrogens (tertiary/aromatic N) is 1. The van der Waals surface area contributed by atoms with E-state index in [1.54, 1.807) is 7.11 Å². The monoisotopic (exact) mass is 118 g/mol. The molecule has 3 heteroatoms. The summed E-state index contributed by atoms with van der Waals surface area (Å²) in [6.45, 7) is 0.399. The predicted octanol–water partition coefficient (Wildman–Crippen LogP) is -0.177. The minimum atomic E-state index is 0.295. The topological polar surface area (TPSA) is 26.3 Å². The Bertz CT molecular complexity index is 80.5. The lowest BCUT2D eigenvalue weighted by Crippen LogP contribution is -2.39. The third kappa shape index (κ3) is 2.71. The fourth-order valence-electron chi connectivity index (χ4n) is 0.254. The highest BCUT2D eigenvalue weighted by molar-refractivity contribution is 5.50. The Kier molecular flexibility index (Phi) is 2.65. The lowest BCUT2D eigenvalue weighted by Gasteiger charge is -2.21. The smallest absolute Gasteiger partial charge is 0.177 e. The molecule has 0 N–H and O–H groups in total. The number of quaternary nitrogens is 1. The zero-order valence-electron chi connectivity index (χ0n) is 5.55. The Labute approximate surface area is 49.4 Å². The molecule has 0 aliphatic rings. The number of likely N-dealkylation sites (N-methyl/N-ethyl adjacent to an activating group) is 1. The Morgan fingerprint density at radius 1 is 1.62 bits per heavy atom. The average molecular weight is 118 g/mol. The van der Waals surface area contributed by atoms with Crippen LogP contribution in [0.5, 0.6) is 0 Å². The average Bonchev–Trinajstić information content (AvgIpc) is 1.67. The van der Waals surface area contributed by atoms with E-state index >= 15 is 0 Å². The van der Waals surface area contributed by atoms with Crippen molar-refractivity contribution in [1.82, 2.24) is 0 Å². The van der Waals surface area contributed by atoms with Gasteiger partial charge < -0.3 is 0 Å². The summed E-state index contributed by atoms with van der Waals surface area (Å²) in [5.41, 5.74) is 0. The Morgan fingerprint density at radius 3 is 2.25 bits per heavy atom. The molecule has 0 radical (unpaired) electrons. The Morgan fingerprint density at radius 2 is 2.12 bits per heavy atom. The molecule has 0 bridgehead atoms. The molecule has 0 aromatic rings. The molecule has 0 saturated heterocycles. The molecule has 0 fully saturated rings. The van der Waals surface area contributed by atoms with Gasteiger partial charge in [0.15, 0.2) is 12.8 Å². The Hall–Kier alpha value is -0.410. The molecule has 0 rings (SSSR count). The summed E-state index contributed by atoms with van der Waals surface area (Å²) in [5.74, 6) is 0. The highest BCUT2D eigenvalue weighted by Gasteiger charge is 2.11. The van der Waals surface area contributed by atoms with Crippen molar-refractivity contribution in [2.45, 2.75) is 0 Å². The molecule has 0 aliphatic carbocycles. The van der Waals surface area contributed by atoms with Gasteiger partial charge in [-0.2, -0.15) is 4.65 Å². The van der Waals surface area contributed by atoms with E-state index in [0.717, 1.165) is 6.29 Å². The van der Waals surface area contributed by atoms with Crippen LogP contribution < -0.4 is 0 Å². The molecule has 0 spiro atoms. The molecule has 0 unspecified atom stereocenters. The largest absolute Gasteiger partial charge is 0.297 e. The number of rotatable bonds is 3. The molecule has 0 aromatic heterocycles. The summed E-state index contributed by atoms with van der Waals surface area (Å²) < 4.78 is 0.295. The summed E-state index contributed by atoms with van der Waals surface area (Å²) in [6, 6.07) is 0. The molecule has 0 atom stereocenters. The summed E-state index contributed by atoms with van der Waals surface area (Å²) in [5, 5.41) is 0. The lowest BCUT2D eigenvalue weighted by molar-refractivity contribution is -1.07. The van der Waals surface area contributed by atoms with Crippen molar-refractivity contribution < 1.29 is 14.3 Å². The van der Waals surface area contributed by atoms with Gasteiger partial charge in [0.2, 0.25) is 0 Å². The quantitative estimate of drug-likeness (QED) is 0.292. The first kappa shape index (κ1) is 7.59. The molecule has 0 heterocycles. The van der Waals surface area contributed by atoms with Crippen LogP contribution in [0.1, 0.15) is 0 Å². The SMILES string of the molecule is CO[N+](C)(C)CC=O. The minimum Gasteiger partial charge on any atom is -0.297 e. The van der Waals surface area contributed by atoms with Crippen molar-refractivity contribution in [3.8, 4) is 0 Å². The van der Waals surface area contributed by atoms with Gasteiger partial charge in [0.05, 0.1) is 21.2 Å². The van der Waals surface area contributed by atoms with Crippen LogP contribution >= 0.6 is 0 Å². The van der Waals surface area contributed by atoms with Crippen molar-refractivity contribution in [2.24, 2.45) is 0 Å². The number of hydroxylamine groups is 3. The second-order valence-electron chi connectivity index (χ2n) is 2.11. The first-order chi connectivity index (χ1) is 3.62. The molecule has 3 nitrogen and oxygen atoms in total. The summed E-state index contributed by atoms with van der Waals surface area (Å²) in [6.07, 6.45) is 0.837. The van der Waals surface area contributed by atoms with E-state index in [9.17, 15) is 4.79 Å². The number of carbonyl (C=O) groups excluding carboxylic acids is 1. The zero-order chi connectivity index (χ0) is 6.62. The highest BCUT2D eigenvalue weighted by atomic mass is 16.7. The second kappa shape index (κ2) is 2.79. The predicted molar refractivity (Wildman–Crippen MR) is 30.0 cm³/mol. The van der Waals surface area contributed by atoms with E-state index < -0.39 is 0 Å². The molecule has 48 valence electrons. The van der Waals surface area contributed by atoms with Crippen LogP contribution in [-0.2, 0) is 9.63 Å². The number of carbonyl (C=O) groups is 1. The number of hydrogen-bond donors (Lipinski definition) is 0. The standard InChI is InChI=1S/C5H12NO2/c1-6(2,8-3)4-5-7/h5H,4H2,1-3H3/q+1. The molecule has 0 aliphatic heterocycles. The van der Waals surface area contributed by atoms with Crippen LogP contribution in [0.15, 0.2) is 0 Å². The molecule has 8 heavy (non-hydrogen) atoms. The van der Waals surface area contributed by atoms with Gasteiger partial charge in [-0.05, 0) is 0 Å². The van der Waals surface area contributed by atoms with E-state index in [2.05, 4.69) is 0 Å². The normalized spacial score (nSPS) is 11.4. The van der Waals surface area contributed by atoms with Crippen LogP contribution in [0, 0.1) is 0 Å². The van der Waals surface area contributed by atoms with E-state index in [-0.39, 0.29) is 0 Å². The van der Waals surface area contributed by atoms with Crippen molar-refractivity contribution in [2.75, 3.05) is 27.7 Å². The van der Waals surface area contributed by atoms with Gasteiger partial charge in [0.1, 0.15) is 0 Å². The third-order valence-electron chi connectivity index (χ3n) is 1.01. The van der Waals surface area contributed by atoms with Gasteiger partial charge >= 0.3 is 0 Å². The van der Waals surface area contributed by atoms with Crippen LogP contribution in [0.4, 0.5) is 0 Å². The first-order valence-electron chi connectivity index (χ1n) is 2.45. The fourth-order valence-corrected chi connectivity index (χ4v) is 0.254. The van der Waals surface area contributed by atoms with Crippen molar-refractivity contribution in [1.29, 1.82) is 0 Å². The van der Waals surface area contributed by atoms with E-state index in [1.807, 2.05) is 14.1 Å². The second-order valence-corrected chi connectivity index (χ2v) is 2.11. The highest BCUT2D eigenvalue weighted by Crippen LogP contribution is 1.91. The fraction of sp³-hybridized carbons (Fsp3) is 0.800. The summed E-state index contributed by atoms with van der Waals surface area (Å²) >= 11 is 0. The van der Waals surface area contributed by atoms with E-state index in [1.165, 1.54) is 0 Å². The lowest BCUT2D eigenvalue weighted by atomic mass is 10.6. The number of hydrogen-bond acceptors (Lipinski definition) is 2. The maximum Gasteiger partial charge on any atom is 0.177 e. The molecular formula is C5H12NO2+. The third-order valence-corrected chi connectivity index (χ3v) is 1.01. The molecule has 0 saturated carbocycles. The van der Waals surface area contributed by atoms with E-state index in [4.69, 9.17) is 4.84 Å². The Balaban J connectivity index is 3.53. The van der Waals surface area contributed by atoms with Crippen LogP contribution in [0.25, 0.3) is 0 Å². The molecule has 0 aromatic carbocycles. The minimum absolute atomic E-state index is 0.295. The van der Waals surface area contributed by atoms with Gasteiger partial charge in [0, 0.05) is 0 Å². The molecular weight excluding hydrogens is 106 g/mol.